The highest BCUT2D eigenvalue weighted by Gasteiger charge is 2.34. The Hall–Kier alpha value is -1.06. The summed E-state index contributed by atoms with van der Waals surface area (Å²) in [6.45, 7) is 6.94. The Morgan fingerprint density at radius 1 is 1.32 bits per heavy atom. The zero-order valence-electron chi connectivity index (χ0n) is 13.9. The van der Waals surface area contributed by atoms with Gasteiger partial charge in [0, 0.05) is 11.5 Å². The van der Waals surface area contributed by atoms with Crippen LogP contribution in [0.5, 0.6) is 0 Å². The topological polar surface area (TPSA) is 55.1 Å². The zero-order valence-corrected chi connectivity index (χ0v) is 14.7. The van der Waals surface area contributed by atoms with Crippen molar-refractivity contribution < 1.29 is 4.79 Å². The number of amides is 1. The number of rotatable bonds is 5. The minimum Gasteiger partial charge on any atom is -0.351 e. The number of benzene rings is 1. The van der Waals surface area contributed by atoms with E-state index in [-0.39, 0.29) is 29.8 Å². The van der Waals surface area contributed by atoms with Crippen LogP contribution in [0, 0.1) is 18.8 Å². The smallest absolute Gasteiger partial charge is 0.223 e. The van der Waals surface area contributed by atoms with Gasteiger partial charge in [-0.25, -0.2) is 0 Å². The maximum absolute atomic E-state index is 12.5. The first-order valence-corrected chi connectivity index (χ1v) is 7.99. The van der Waals surface area contributed by atoms with Crippen molar-refractivity contribution in [2.24, 2.45) is 17.6 Å². The molecule has 124 valence electrons. The van der Waals surface area contributed by atoms with Crippen molar-refractivity contribution in [1.82, 2.24) is 5.32 Å². The van der Waals surface area contributed by atoms with Gasteiger partial charge >= 0.3 is 0 Å². The molecule has 1 aromatic carbocycles. The molecule has 4 heteroatoms. The van der Waals surface area contributed by atoms with Crippen molar-refractivity contribution in [3.05, 3.63) is 35.4 Å². The van der Waals surface area contributed by atoms with Gasteiger partial charge in [0.15, 0.2) is 0 Å². The number of carbonyl (C=O) groups is 1. The van der Waals surface area contributed by atoms with Crippen LogP contribution in [-0.4, -0.2) is 18.0 Å². The van der Waals surface area contributed by atoms with Crippen LogP contribution in [0.4, 0.5) is 0 Å². The largest absolute Gasteiger partial charge is 0.351 e. The summed E-state index contributed by atoms with van der Waals surface area (Å²) in [6.07, 6.45) is 4.05. The summed E-state index contributed by atoms with van der Waals surface area (Å²) in [4.78, 5) is 12.5. The normalized spacial score (nSPS) is 21.3. The highest BCUT2D eigenvalue weighted by atomic mass is 35.5. The third kappa shape index (κ3) is 4.72. The molecule has 1 saturated carbocycles. The second-order valence-electron chi connectivity index (χ2n) is 7.01. The van der Waals surface area contributed by atoms with E-state index in [0.717, 1.165) is 25.7 Å². The molecule has 1 aromatic rings. The Morgan fingerprint density at radius 3 is 2.64 bits per heavy atom. The quantitative estimate of drug-likeness (QED) is 0.873. The molecular formula is C18H29ClN2O. The van der Waals surface area contributed by atoms with E-state index < -0.39 is 0 Å². The van der Waals surface area contributed by atoms with E-state index in [9.17, 15) is 4.79 Å². The van der Waals surface area contributed by atoms with Gasteiger partial charge in [0.05, 0.1) is 0 Å². The van der Waals surface area contributed by atoms with Gasteiger partial charge in [-0.3, -0.25) is 4.79 Å². The van der Waals surface area contributed by atoms with Crippen molar-refractivity contribution in [1.29, 1.82) is 0 Å². The first-order valence-electron chi connectivity index (χ1n) is 7.99. The predicted octanol–water partition coefficient (Wildman–Crippen LogP) is 3.23. The molecule has 1 aliphatic rings. The van der Waals surface area contributed by atoms with Gasteiger partial charge in [0.2, 0.25) is 5.91 Å². The minimum absolute atomic E-state index is 0. The number of hydrogen-bond acceptors (Lipinski definition) is 2. The third-order valence-electron chi connectivity index (χ3n) is 4.65. The van der Waals surface area contributed by atoms with E-state index in [1.165, 1.54) is 11.1 Å². The number of nitrogens with two attached hydrogens (primary N) is 1. The molecular weight excluding hydrogens is 296 g/mol. The molecule has 22 heavy (non-hydrogen) atoms. The minimum atomic E-state index is -0.231. The Balaban J connectivity index is 0.00000242. The molecule has 0 radical (unpaired) electrons. The molecule has 0 unspecified atom stereocenters. The number of hydrogen-bond donors (Lipinski definition) is 2. The first kappa shape index (κ1) is 19.0. The third-order valence-corrected chi connectivity index (χ3v) is 4.65. The van der Waals surface area contributed by atoms with E-state index in [1.807, 2.05) is 0 Å². The summed E-state index contributed by atoms with van der Waals surface area (Å²) in [7, 11) is 0. The van der Waals surface area contributed by atoms with Gasteiger partial charge in [-0.05, 0) is 63.6 Å². The number of carbonyl (C=O) groups excluding carboxylic acids is 1. The molecule has 3 N–H and O–H groups in total. The fourth-order valence-electron chi connectivity index (χ4n) is 3.42. The van der Waals surface area contributed by atoms with Crippen molar-refractivity contribution in [3.8, 4) is 0 Å². The van der Waals surface area contributed by atoms with Crippen LogP contribution >= 0.6 is 12.4 Å². The molecule has 0 spiro atoms. The van der Waals surface area contributed by atoms with Crippen LogP contribution in [0.2, 0.25) is 0 Å². The molecule has 0 heterocycles. The van der Waals surface area contributed by atoms with Crippen molar-refractivity contribution in [2.75, 3.05) is 6.54 Å². The standard InChI is InChI=1S/C18H28N2O.ClH/c1-13-7-4-5-8-14(13)11-18(2,3)20-17(21)16-10-6-9-15(16)12-19;/h4-5,7-8,15-16H,6,9-12,19H2,1-3H3,(H,20,21);1H/t15-,16-;/m1./s1. The van der Waals surface area contributed by atoms with Crippen LogP contribution < -0.4 is 11.1 Å². The van der Waals surface area contributed by atoms with Gasteiger partial charge in [-0.1, -0.05) is 30.7 Å². The molecule has 0 aliphatic heterocycles. The lowest BCUT2D eigenvalue weighted by molar-refractivity contribution is -0.127. The summed E-state index contributed by atoms with van der Waals surface area (Å²) in [5.74, 6) is 0.645. The number of halogens is 1. The van der Waals surface area contributed by atoms with Gasteiger partial charge in [0.1, 0.15) is 0 Å². The Labute approximate surface area is 140 Å². The fraction of sp³-hybridized carbons (Fsp3) is 0.611. The lowest BCUT2D eigenvalue weighted by Gasteiger charge is -2.30. The average Bonchev–Trinajstić information content (AvgIpc) is 2.89. The van der Waals surface area contributed by atoms with Crippen molar-refractivity contribution in [3.63, 3.8) is 0 Å². The second-order valence-corrected chi connectivity index (χ2v) is 7.01. The molecule has 3 nitrogen and oxygen atoms in total. The average molecular weight is 325 g/mol. The van der Waals surface area contributed by atoms with Crippen LogP contribution in [0.1, 0.15) is 44.2 Å². The molecule has 0 saturated heterocycles. The summed E-state index contributed by atoms with van der Waals surface area (Å²) in [6, 6.07) is 8.37. The first-order chi connectivity index (χ1) is 9.93. The second kappa shape index (κ2) is 7.98. The van der Waals surface area contributed by atoms with Crippen molar-refractivity contribution in [2.45, 2.75) is 52.0 Å². The summed E-state index contributed by atoms with van der Waals surface area (Å²) >= 11 is 0. The van der Waals surface area contributed by atoms with Gasteiger partial charge in [0.25, 0.3) is 0 Å². The molecule has 1 aliphatic carbocycles. The molecule has 1 amide bonds. The highest BCUT2D eigenvalue weighted by Crippen LogP contribution is 2.31. The summed E-state index contributed by atoms with van der Waals surface area (Å²) in [5.41, 5.74) is 8.13. The van der Waals surface area contributed by atoms with Crippen LogP contribution in [-0.2, 0) is 11.2 Å². The molecule has 2 atom stereocenters. The van der Waals surface area contributed by atoms with Gasteiger partial charge < -0.3 is 11.1 Å². The monoisotopic (exact) mass is 324 g/mol. The number of aryl methyl sites for hydroxylation is 1. The van der Waals surface area contributed by atoms with E-state index in [0.29, 0.717) is 12.5 Å². The van der Waals surface area contributed by atoms with Gasteiger partial charge in [-0.2, -0.15) is 0 Å². The van der Waals surface area contributed by atoms with Crippen LogP contribution in [0.15, 0.2) is 24.3 Å². The predicted molar refractivity (Wildman–Crippen MR) is 94.2 cm³/mol. The highest BCUT2D eigenvalue weighted by molar-refractivity contribution is 5.85. The summed E-state index contributed by atoms with van der Waals surface area (Å²) < 4.78 is 0. The van der Waals surface area contributed by atoms with Crippen molar-refractivity contribution >= 4 is 18.3 Å². The van der Waals surface area contributed by atoms with E-state index in [1.54, 1.807) is 0 Å². The molecule has 1 fully saturated rings. The number of nitrogens with one attached hydrogen (secondary N) is 1. The molecule has 0 bridgehead atoms. The fourth-order valence-corrected chi connectivity index (χ4v) is 3.42. The Bertz CT molecular complexity index is 502. The summed E-state index contributed by atoms with van der Waals surface area (Å²) in [5, 5.41) is 3.24. The van der Waals surface area contributed by atoms with Crippen LogP contribution in [0.25, 0.3) is 0 Å². The Kier molecular flexibility index (Phi) is 6.89. The van der Waals surface area contributed by atoms with E-state index in [4.69, 9.17) is 5.73 Å². The molecule has 0 aromatic heterocycles. The maximum atomic E-state index is 12.5. The maximum Gasteiger partial charge on any atom is 0.223 e. The SMILES string of the molecule is Cc1ccccc1CC(C)(C)NC(=O)[C@@H]1CCC[C@@H]1CN.Cl. The van der Waals surface area contributed by atoms with E-state index in [2.05, 4.69) is 50.4 Å². The van der Waals surface area contributed by atoms with E-state index >= 15 is 0 Å². The molecule has 2 rings (SSSR count). The lowest BCUT2D eigenvalue weighted by Crippen LogP contribution is -2.48. The lowest BCUT2D eigenvalue weighted by atomic mass is 9.90. The Morgan fingerprint density at radius 2 is 2.00 bits per heavy atom. The van der Waals surface area contributed by atoms with Crippen LogP contribution in [0.3, 0.4) is 0 Å². The zero-order chi connectivity index (χ0) is 15.5. The van der Waals surface area contributed by atoms with Gasteiger partial charge in [-0.15, -0.1) is 12.4 Å².